The van der Waals surface area contributed by atoms with E-state index in [1.807, 2.05) is 0 Å². The highest BCUT2D eigenvalue weighted by Gasteiger charge is 2.44. The highest BCUT2D eigenvalue weighted by Crippen LogP contribution is 2.29. The number of fused-ring (bicyclic) bond motifs is 1. The number of benzene rings is 1. The second kappa shape index (κ2) is 8.57. The molecule has 5 atom stereocenters. The van der Waals surface area contributed by atoms with Gasteiger partial charge in [0.05, 0.1) is 12.0 Å². The van der Waals surface area contributed by atoms with Crippen molar-refractivity contribution in [1.82, 2.24) is 0 Å². The van der Waals surface area contributed by atoms with Gasteiger partial charge in [-0.3, -0.25) is 9.59 Å². The van der Waals surface area contributed by atoms with Gasteiger partial charge < -0.3 is 39.4 Å². The first-order valence-electron chi connectivity index (χ1n) is 8.92. The van der Waals surface area contributed by atoms with Gasteiger partial charge in [0.15, 0.2) is 5.43 Å². The smallest absolute Gasteiger partial charge is 0.229 e. The van der Waals surface area contributed by atoms with Crippen LogP contribution in [-0.4, -0.2) is 68.6 Å². The fourth-order valence-corrected chi connectivity index (χ4v) is 3.25. The van der Waals surface area contributed by atoms with Crippen molar-refractivity contribution < 1.29 is 44.2 Å². The number of ether oxygens (including phenoxy) is 2. The van der Waals surface area contributed by atoms with Gasteiger partial charge in [-0.15, -0.1) is 0 Å². The third-order valence-corrected chi connectivity index (χ3v) is 4.63. The average molecular weight is 410 g/mol. The van der Waals surface area contributed by atoms with E-state index < -0.39 is 49.3 Å². The third-order valence-electron chi connectivity index (χ3n) is 4.63. The van der Waals surface area contributed by atoms with Crippen molar-refractivity contribution in [2.75, 3.05) is 6.61 Å². The summed E-state index contributed by atoms with van der Waals surface area (Å²) in [6, 6.07) is 3.85. The van der Waals surface area contributed by atoms with Crippen LogP contribution in [-0.2, 0) is 22.6 Å². The van der Waals surface area contributed by atoms with Gasteiger partial charge in [-0.1, -0.05) is 0 Å². The molecule has 0 bridgehead atoms. The van der Waals surface area contributed by atoms with E-state index in [9.17, 15) is 35.1 Å². The summed E-state index contributed by atoms with van der Waals surface area (Å²) < 4.78 is 16.4. The Morgan fingerprint density at radius 1 is 1.10 bits per heavy atom. The Balaban J connectivity index is 2.02. The minimum absolute atomic E-state index is 0.0151. The van der Waals surface area contributed by atoms with Crippen LogP contribution in [0.1, 0.15) is 18.2 Å². The number of ketones is 1. The van der Waals surface area contributed by atoms with E-state index in [1.54, 1.807) is 0 Å². The first kappa shape index (κ1) is 21.4. The molecule has 0 amide bonds. The van der Waals surface area contributed by atoms with Gasteiger partial charge in [0.1, 0.15) is 53.9 Å². The Morgan fingerprint density at radius 3 is 2.45 bits per heavy atom. The van der Waals surface area contributed by atoms with Crippen molar-refractivity contribution in [3.8, 4) is 5.75 Å². The summed E-state index contributed by atoms with van der Waals surface area (Å²) in [7, 11) is 0. The molecular weight excluding hydrogens is 388 g/mol. The van der Waals surface area contributed by atoms with Crippen molar-refractivity contribution in [3.05, 3.63) is 39.7 Å². The largest absolute Gasteiger partial charge is 0.462 e. The Labute approximate surface area is 164 Å². The van der Waals surface area contributed by atoms with Crippen LogP contribution in [0, 0.1) is 0 Å². The summed E-state index contributed by atoms with van der Waals surface area (Å²) in [6.07, 6.45) is -7.48. The van der Waals surface area contributed by atoms with Gasteiger partial charge >= 0.3 is 0 Å². The SMILES string of the molecule is CC(=O)Cc1cc(OC2OC(CO)C(O)C(O)C2O)cc2oc(CO)cc(=O)c12. The summed E-state index contributed by atoms with van der Waals surface area (Å²) in [6.45, 7) is 0.221. The van der Waals surface area contributed by atoms with Crippen molar-refractivity contribution in [2.24, 2.45) is 0 Å². The van der Waals surface area contributed by atoms with E-state index in [0.29, 0.717) is 5.56 Å². The van der Waals surface area contributed by atoms with E-state index in [4.69, 9.17) is 13.9 Å². The number of hydrogen-bond donors (Lipinski definition) is 5. The van der Waals surface area contributed by atoms with Crippen LogP contribution >= 0.6 is 0 Å². The first-order chi connectivity index (χ1) is 13.7. The Hall–Kier alpha value is -2.34. The van der Waals surface area contributed by atoms with Gasteiger partial charge in [-0.25, -0.2) is 0 Å². The average Bonchev–Trinajstić information content (AvgIpc) is 2.67. The van der Waals surface area contributed by atoms with Gasteiger partial charge in [-0.05, 0) is 18.6 Å². The fraction of sp³-hybridized carbons (Fsp3) is 0.474. The zero-order valence-corrected chi connectivity index (χ0v) is 15.5. The Morgan fingerprint density at radius 2 is 1.83 bits per heavy atom. The maximum absolute atomic E-state index is 12.4. The molecule has 1 aromatic heterocycles. The lowest BCUT2D eigenvalue weighted by atomic mass is 9.99. The summed E-state index contributed by atoms with van der Waals surface area (Å²) in [5, 5.41) is 48.6. The Bertz CT molecular complexity index is 950. The van der Waals surface area contributed by atoms with E-state index in [0.717, 1.165) is 6.07 Å². The second-order valence-electron chi connectivity index (χ2n) is 6.88. The maximum Gasteiger partial charge on any atom is 0.229 e. The van der Waals surface area contributed by atoms with Crippen LogP contribution in [0.4, 0.5) is 0 Å². The molecule has 1 aromatic carbocycles. The molecule has 1 aliphatic heterocycles. The molecule has 0 spiro atoms. The molecule has 2 heterocycles. The van der Waals surface area contributed by atoms with E-state index in [-0.39, 0.29) is 34.7 Å². The predicted molar refractivity (Wildman–Crippen MR) is 97.2 cm³/mol. The number of aliphatic hydroxyl groups is 5. The predicted octanol–water partition coefficient (Wildman–Crippen LogP) is -1.40. The molecule has 10 nitrogen and oxygen atoms in total. The highest BCUT2D eigenvalue weighted by atomic mass is 16.7. The third kappa shape index (κ3) is 4.32. The molecule has 29 heavy (non-hydrogen) atoms. The number of hydrogen-bond acceptors (Lipinski definition) is 10. The van der Waals surface area contributed by atoms with E-state index >= 15 is 0 Å². The van der Waals surface area contributed by atoms with E-state index in [1.165, 1.54) is 19.1 Å². The molecule has 0 radical (unpaired) electrons. The van der Waals surface area contributed by atoms with Gasteiger partial charge in [-0.2, -0.15) is 0 Å². The molecule has 10 heteroatoms. The van der Waals surface area contributed by atoms with Crippen LogP contribution in [0.15, 0.2) is 27.4 Å². The standard InChI is InChI=1S/C19H22O10/c1-8(22)2-9-3-10(5-13-15(9)12(23)4-11(6-20)27-13)28-19-18(26)17(25)16(24)14(7-21)29-19/h3-5,14,16-21,24-26H,2,6-7H2,1H3. The highest BCUT2D eigenvalue weighted by molar-refractivity contribution is 5.88. The molecule has 5 unspecified atom stereocenters. The van der Waals surface area contributed by atoms with Crippen molar-refractivity contribution >= 4 is 16.8 Å². The lowest BCUT2D eigenvalue weighted by Crippen LogP contribution is -2.60. The van der Waals surface area contributed by atoms with Crippen molar-refractivity contribution in [3.63, 3.8) is 0 Å². The van der Waals surface area contributed by atoms with E-state index in [2.05, 4.69) is 0 Å². The summed E-state index contributed by atoms with van der Waals surface area (Å²) >= 11 is 0. The molecule has 0 aliphatic carbocycles. The number of Topliss-reactive ketones (excluding diaryl/α,β-unsaturated/α-hetero) is 1. The topological polar surface area (TPSA) is 167 Å². The maximum atomic E-state index is 12.4. The molecule has 3 rings (SSSR count). The summed E-state index contributed by atoms with van der Waals surface area (Å²) in [5.41, 5.74) is -0.0707. The van der Waals surface area contributed by atoms with Crippen LogP contribution < -0.4 is 10.2 Å². The summed E-state index contributed by atoms with van der Waals surface area (Å²) in [4.78, 5) is 24.0. The fourth-order valence-electron chi connectivity index (χ4n) is 3.25. The number of carbonyl (C=O) groups is 1. The zero-order valence-electron chi connectivity index (χ0n) is 15.5. The van der Waals surface area contributed by atoms with Gasteiger partial charge in [0, 0.05) is 18.6 Å². The molecule has 2 aromatic rings. The molecule has 0 saturated carbocycles. The first-order valence-corrected chi connectivity index (χ1v) is 8.92. The van der Waals surface area contributed by atoms with Crippen LogP contribution in [0.5, 0.6) is 5.75 Å². The lowest BCUT2D eigenvalue weighted by Gasteiger charge is -2.39. The van der Waals surface area contributed by atoms with Gasteiger partial charge in [0.2, 0.25) is 6.29 Å². The molecular formula is C19H22O10. The van der Waals surface area contributed by atoms with Crippen molar-refractivity contribution in [1.29, 1.82) is 0 Å². The molecule has 1 fully saturated rings. The summed E-state index contributed by atoms with van der Waals surface area (Å²) in [5.74, 6) is -0.153. The zero-order chi connectivity index (χ0) is 21.3. The number of rotatable bonds is 6. The Kier molecular flexibility index (Phi) is 6.32. The quantitative estimate of drug-likeness (QED) is 0.382. The lowest BCUT2D eigenvalue weighted by molar-refractivity contribution is -0.277. The van der Waals surface area contributed by atoms with Gasteiger partial charge in [0.25, 0.3) is 0 Å². The molecule has 5 N–H and O–H groups in total. The monoisotopic (exact) mass is 410 g/mol. The van der Waals surface area contributed by atoms with Crippen molar-refractivity contribution in [2.45, 2.75) is 50.7 Å². The minimum Gasteiger partial charge on any atom is -0.462 e. The normalized spacial score (nSPS) is 27.2. The number of carbonyl (C=O) groups excluding carboxylic acids is 1. The molecule has 1 aliphatic rings. The second-order valence-corrected chi connectivity index (χ2v) is 6.88. The van der Waals surface area contributed by atoms with Crippen LogP contribution in [0.3, 0.4) is 0 Å². The minimum atomic E-state index is -1.63. The van der Waals surface area contributed by atoms with Crippen LogP contribution in [0.25, 0.3) is 11.0 Å². The molecule has 1 saturated heterocycles. The number of aliphatic hydroxyl groups excluding tert-OH is 5. The molecule has 158 valence electrons. The van der Waals surface area contributed by atoms with Crippen LogP contribution in [0.2, 0.25) is 0 Å².